The molecule has 0 aromatic carbocycles. The molecule has 0 aromatic heterocycles. The van der Waals surface area contributed by atoms with E-state index in [0.717, 1.165) is 0 Å². The van der Waals surface area contributed by atoms with Gasteiger partial charge in [0.05, 0.1) is 0 Å². The lowest BCUT2D eigenvalue weighted by atomic mass is 10.3. The van der Waals surface area contributed by atoms with E-state index < -0.39 is 8.24 Å². The Bertz CT molecular complexity index is 119. The van der Waals surface area contributed by atoms with Crippen LogP contribution in [0.1, 0.15) is 27.7 Å². The normalized spacial score (nSPS) is 13.5. The first-order chi connectivity index (χ1) is 5.24. The minimum absolute atomic E-state index is 0.580. The molecule has 0 atom stereocenters. The van der Waals surface area contributed by atoms with Crippen molar-refractivity contribution in [1.82, 2.24) is 10.1 Å². The lowest BCUT2D eigenvalue weighted by Gasteiger charge is -2.36. The van der Waals surface area contributed by atoms with E-state index in [4.69, 9.17) is 0 Å². The van der Waals surface area contributed by atoms with Gasteiger partial charge in [-0.05, 0) is 27.7 Å². The van der Waals surface area contributed by atoms with Gasteiger partial charge in [0, 0.05) is 12.1 Å². The molecular formula is C9H24N2Si. The second kappa shape index (κ2) is 4.39. The molecular weight excluding hydrogens is 164 g/mol. The van der Waals surface area contributed by atoms with Crippen LogP contribution in [0.15, 0.2) is 0 Å². The second-order valence-electron chi connectivity index (χ2n) is 4.96. The van der Waals surface area contributed by atoms with Crippen LogP contribution in [0.5, 0.6) is 0 Å². The third kappa shape index (κ3) is 4.90. The summed E-state index contributed by atoms with van der Waals surface area (Å²) >= 11 is 0. The van der Waals surface area contributed by atoms with Crippen LogP contribution in [-0.4, -0.2) is 25.3 Å². The topological polar surface area (TPSA) is 15.3 Å². The highest BCUT2D eigenvalue weighted by Gasteiger charge is 2.21. The summed E-state index contributed by atoms with van der Waals surface area (Å²) in [6.07, 6.45) is 0. The summed E-state index contributed by atoms with van der Waals surface area (Å²) in [5.41, 5.74) is 0. The van der Waals surface area contributed by atoms with Crippen LogP contribution in [0.2, 0.25) is 19.6 Å². The van der Waals surface area contributed by atoms with Crippen molar-refractivity contribution in [3.8, 4) is 0 Å². The van der Waals surface area contributed by atoms with Gasteiger partial charge in [0.15, 0.2) is 0 Å². The SMILES string of the molecule is CC(C)N(N[Si](C)(C)C)C(C)C. The number of hydrazine groups is 1. The fourth-order valence-electron chi connectivity index (χ4n) is 1.24. The molecule has 2 nitrogen and oxygen atoms in total. The highest BCUT2D eigenvalue weighted by atomic mass is 28.3. The number of hydrogen-bond acceptors (Lipinski definition) is 2. The molecule has 0 bridgehead atoms. The highest BCUT2D eigenvalue weighted by Crippen LogP contribution is 2.05. The smallest absolute Gasteiger partial charge is 0.132 e. The summed E-state index contributed by atoms with van der Waals surface area (Å²) in [5, 5.41) is 5.98. The molecule has 0 heterocycles. The van der Waals surface area contributed by atoms with E-state index in [-0.39, 0.29) is 0 Å². The molecule has 0 saturated carbocycles. The van der Waals surface area contributed by atoms with Crippen LogP contribution in [0, 0.1) is 0 Å². The number of rotatable bonds is 4. The van der Waals surface area contributed by atoms with Gasteiger partial charge >= 0.3 is 0 Å². The maximum Gasteiger partial charge on any atom is 0.132 e. The van der Waals surface area contributed by atoms with Crippen molar-refractivity contribution < 1.29 is 0 Å². The van der Waals surface area contributed by atoms with Gasteiger partial charge in [0.1, 0.15) is 8.24 Å². The zero-order valence-electron chi connectivity index (χ0n) is 9.60. The van der Waals surface area contributed by atoms with Crippen LogP contribution >= 0.6 is 0 Å². The molecule has 0 aliphatic rings. The minimum Gasteiger partial charge on any atom is -0.276 e. The van der Waals surface area contributed by atoms with E-state index in [1.165, 1.54) is 0 Å². The first-order valence-corrected chi connectivity index (χ1v) is 8.30. The minimum atomic E-state index is -1.17. The lowest BCUT2D eigenvalue weighted by Crippen LogP contribution is -2.57. The van der Waals surface area contributed by atoms with Crippen molar-refractivity contribution in [2.24, 2.45) is 0 Å². The van der Waals surface area contributed by atoms with E-state index in [1.807, 2.05) is 0 Å². The van der Waals surface area contributed by atoms with Crippen molar-refractivity contribution in [1.29, 1.82) is 0 Å². The molecule has 0 radical (unpaired) electrons. The maximum absolute atomic E-state index is 3.63. The zero-order valence-corrected chi connectivity index (χ0v) is 10.6. The van der Waals surface area contributed by atoms with E-state index in [9.17, 15) is 0 Å². The molecule has 12 heavy (non-hydrogen) atoms. The van der Waals surface area contributed by atoms with Crippen LogP contribution in [0.4, 0.5) is 0 Å². The summed E-state index contributed by atoms with van der Waals surface area (Å²) in [7, 11) is -1.17. The molecule has 1 N–H and O–H groups in total. The van der Waals surface area contributed by atoms with Gasteiger partial charge in [-0.2, -0.15) is 0 Å². The first-order valence-electron chi connectivity index (χ1n) is 4.80. The Balaban J connectivity index is 4.15. The fraction of sp³-hybridized carbons (Fsp3) is 1.00. The molecule has 74 valence electrons. The summed E-state index contributed by atoms with van der Waals surface area (Å²) in [5.74, 6) is 0. The van der Waals surface area contributed by atoms with E-state index >= 15 is 0 Å². The van der Waals surface area contributed by atoms with Gasteiger partial charge in [-0.3, -0.25) is 5.09 Å². The zero-order chi connectivity index (χ0) is 9.94. The van der Waals surface area contributed by atoms with Crippen LogP contribution in [0.25, 0.3) is 0 Å². The summed E-state index contributed by atoms with van der Waals surface area (Å²) in [4.78, 5) is 0. The van der Waals surface area contributed by atoms with Crippen molar-refractivity contribution in [2.45, 2.75) is 59.4 Å². The van der Waals surface area contributed by atoms with Gasteiger partial charge in [-0.25, -0.2) is 5.01 Å². The van der Waals surface area contributed by atoms with E-state index in [1.54, 1.807) is 0 Å². The number of nitrogens with zero attached hydrogens (tertiary/aromatic N) is 1. The molecule has 0 aliphatic heterocycles. The largest absolute Gasteiger partial charge is 0.276 e. The predicted octanol–water partition coefficient (Wildman–Crippen LogP) is 2.44. The van der Waals surface area contributed by atoms with Crippen LogP contribution < -0.4 is 5.09 Å². The van der Waals surface area contributed by atoms with Crippen LogP contribution in [-0.2, 0) is 0 Å². The first kappa shape index (κ1) is 12.1. The summed E-state index contributed by atoms with van der Waals surface area (Å²) < 4.78 is 0. The van der Waals surface area contributed by atoms with Gasteiger partial charge in [0.2, 0.25) is 0 Å². The Hall–Kier alpha value is 0.137. The van der Waals surface area contributed by atoms with E-state index in [2.05, 4.69) is 57.4 Å². The van der Waals surface area contributed by atoms with Crippen molar-refractivity contribution in [2.75, 3.05) is 0 Å². The van der Waals surface area contributed by atoms with Crippen LogP contribution in [0.3, 0.4) is 0 Å². The van der Waals surface area contributed by atoms with Gasteiger partial charge < -0.3 is 0 Å². The van der Waals surface area contributed by atoms with Crippen molar-refractivity contribution >= 4 is 8.24 Å². The third-order valence-electron chi connectivity index (χ3n) is 1.58. The Morgan fingerprint density at radius 3 is 1.33 bits per heavy atom. The number of hydrogen-bond donors (Lipinski definition) is 1. The summed E-state index contributed by atoms with van der Waals surface area (Å²) in [6, 6.07) is 1.16. The van der Waals surface area contributed by atoms with Gasteiger partial charge in [-0.15, -0.1) is 0 Å². The second-order valence-corrected chi connectivity index (χ2v) is 9.68. The third-order valence-corrected chi connectivity index (χ3v) is 2.51. The van der Waals surface area contributed by atoms with E-state index in [0.29, 0.717) is 12.1 Å². The lowest BCUT2D eigenvalue weighted by molar-refractivity contribution is 0.141. The molecule has 0 saturated heterocycles. The Morgan fingerprint density at radius 2 is 1.25 bits per heavy atom. The molecule has 0 unspecified atom stereocenters. The molecule has 0 fully saturated rings. The standard InChI is InChI=1S/C9H24N2Si/c1-8(2)11(9(3)4)10-12(5,6)7/h8-10H,1-7H3. The molecule has 0 aliphatic carbocycles. The quantitative estimate of drug-likeness (QED) is 0.538. The molecule has 0 amide bonds. The fourth-order valence-corrected chi connectivity index (χ4v) is 2.53. The Kier molecular flexibility index (Phi) is 4.44. The average Bonchev–Trinajstić information content (AvgIpc) is 1.79. The predicted molar refractivity (Wildman–Crippen MR) is 58.6 cm³/mol. The molecule has 0 aromatic rings. The molecule has 0 spiro atoms. The van der Waals surface area contributed by atoms with Gasteiger partial charge in [-0.1, -0.05) is 19.6 Å². The average molecular weight is 188 g/mol. The van der Waals surface area contributed by atoms with Crippen molar-refractivity contribution in [3.05, 3.63) is 0 Å². The maximum atomic E-state index is 3.63. The van der Waals surface area contributed by atoms with Crippen molar-refractivity contribution in [3.63, 3.8) is 0 Å². The monoisotopic (exact) mass is 188 g/mol. The Morgan fingerprint density at radius 1 is 0.917 bits per heavy atom. The molecule has 3 heteroatoms. The summed E-state index contributed by atoms with van der Waals surface area (Å²) in [6.45, 7) is 15.9. The Labute approximate surface area is 78.4 Å². The highest BCUT2D eigenvalue weighted by molar-refractivity contribution is 6.73. The number of nitrogens with one attached hydrogen (secondary N) is 1. The van der Waals surface area contributed by atoms with Gasteiger partial charge in [0.25, 0.3) is 0 Å². The molecule has 0 rings (SSSR count).